The molecule has 1 unspecified atom stereocenters. The van der Waals surface area contributed by atoms with Gasteiger partial charge < -0.3 is 21.7 Å². The number of rotatable bonds is 6. The monoisotopic (exact) mass is 314 g/mol. The number of benzene rings is 1. The van der Waals surface area contributed by atoms with E-state index >= 15 is 0 Å². The molecule has 1 aromatic heterocycles. The summed E-state index contributed by atoms with van der Waals surface area (Å²) >= 11 is 0. The highest BCUT2D eigenvalue weighted by Gasteiger charge is 2.10. The van der Waals surface area contributed by atoms with Crippen molar-refractivity contribution in [1.82, 2.24) is 9.97 Å². The molecule has 23 heavy (non-hydrogen) atoms. The molecule has 7 heteroatoms. The smallest absolute Gasteiger partial charge is 0.221 e. The van der Waals surface area contributed by atoms with Gasteiger partial charge in [-0.25, -0.2) is 9.97 Å². The average Bonchev–Trinajstić information content (AvgIpc) is 2.52. The molecule has 1 aromatic carbocycles. The number of hydrogen-bond acceptors (Lipinski definition) is 6. The van der Waals surface area contributed by atoms with E-state index in [2.05, 4.69) is 39.8 Å². The molecule has 1 heterocycles. The van der Waals surface area contributed by atoms with Gasteiger partial charge in [0.25, 0.3) is 0 Å². The van der Waals surface area contributed by atoms with Gasteiger partial charge in [0, 0.05) is 24.3 Å². The molecule has 7 nitrogen and oxygen atoms in total. The Bertz CT molecular complexity index is 671. The van der Waals surface area contributed by atoms with Crippen LogP contribution in [0.3, 0.4) is 0 Å². The Balaban J connectivity index is 2.13. The van der Waals surface area contributed by atoms with E-state index in [1.54, 1.807) is 12.1 Å². The normalized spacial score (nSPS) is 11.6. The van der Waals surface area contributed by atoms with Gasteiger partial charge in [-0.1, -0.05) is 6.92 Å². The summed E-state index contributed by atoms with van der Waals surface area (Å²) < 4.78 is 0. The Labute approximate surface area is 135 Å². The lowest BCUT2D eigenvalue weighted by molar-refractivity contribution is -0.114. The summed E-state index contributed by atoms with van der Waals surface area (Å²) in [7, 11) is 0. The maximum Gasteiger partial charge on any atom is 0.221 e. The number of aromatic nitrogens is 2. The molecule has 1 atom stereocenters. The highest BCUT2D eigenvalue weighted by Crippen LogP contribution is 2.26. The zero-order valence-electron chi connectivity index (χ0n) is 13.6. The first-order valence-corrected chi connectivity index (χ1v) is 7.51. The number of hydrogen-bond donors (Lipinski definition) is 4. The van der Waals surface area contributed by atoms with E-state index in [0.717, 1.165) is 17.8 Å². The quantitative estimate of drug-likeness (QED) is 0.653. The molecular weight excluding hydrogens is 292 g/mol. The minimum atomic E-state index is -0.105. The largest absolute Gasteiger partial charge is 0.393 e. The van der Waals surface area contributed by atoms with Crippen LogP contribution in [0, 0.1) is 0 Å². The maximum atomic E-state index is 11.0. The fourth-order valence-corrected chi connectivity index (χ4v) is 1.92. The molecule has 5 N–H and O–H groups in total. The zero-order valence-corrected chi connectivity index (χ0v) is 13.6. The summed E-state index contributed by atoms with van der Waals surface area (Å²) in [5.74, 6) is 1.05. The van der Waals surface area contributed by atoms with Gasteiger partial charge in [-0.15, -0.1) is 0 Å². The van der Waals surface area contributed by atoms with Crippen molar-refractivity contribution < 1.29 is 4.79 Å². The molecular formula is C16H22N6O. The van der Waals surface area contributed by atoms with Crippen molar-refractivity contribution >= 4 is 34.6 Å². The number of nitrogen functional groups attached to an aromatic ring is 1. The fourth-order valence-electron chi connectivity index (χ4n) is 1.92. The number of amides is 1. The molecule has 0 saturated heterocycles. The lowest BCUT2D eigenvalue weighted by Crippen LogP contribution is -2.16. The minimum absolute atomic E-state index is 0.105. The standard InChI is InChI=1S/C16H22N6O/c1-4-10(2)20-15-14(17)16(19-9-18-15)22-13-7-5-12(6-8-13)21-11(3)23/h5-10H,4,17H2,1-3H3,(H,21,23)(H2,18,19,20,22). The molecule has 122 valence electrons. The van der Waals surface area contributed by atoms with Crippen LogP contribution in [0.15, 0.2) is 30.6 Å². The third-order valence-electron chi connectivity index (χ3n) is 3.35. The SMILES string of the molecule is CCC(C)Nc1ncnc(Nc2ccc(NC(C)=O)cc2)c1N. The van der Waals surface area contributed by atoms with E-state index in [1.807, 2.05) is 12.1 Å². The van der Waals surface area contributed by atoms with E-state index < -0.39 is 0 Å². The van der Waals surface area contributed by atoms with Crippen LogP contribution >= 0.6 is 0 Å². The van der Waals surface area contributed by atoms with Crippen LogP contribution in [0.5, 0.6) is 0 Å². The highest BCUT2D eigenvalue weighted by atomic mass is 16.1. The van der Waals surface area contributed by atoms with Crippen LogP contribution in [0.2, 0.25) is 0 Å². The second-order valence-corrected chi connectivity index (χ2v) is 5.32. The first-order chi connectivity index (χ1) is 11.0. The molecule has 0 bridgehead atoms. The maximum absolute atomic E-state index is 11.0. The van der Waals surface area contributed by atoms with Gasteiger partial charge in [-0.05, 0) is 37.6 Å². The first-order valence-electron chi connectivity index (χ1n) is 7.51. The number of carbonyl (C=O) groups is 1. The molecule has 2 aromatic rings. The molecule has 0 aliphatic rings. The van der Waals surface area contributed by atoms with Crippen LogP contribution in [-0.4, -0.2) is 21.9 Å². The van der Waals surface area contributed by atoms with Crippen molar-refractivity contribution in [3.63, 3.8) is 0 Å². The Morgan fingerprint density at radius 1 is 1.17 bits per heavy atom. The lowest BCUT2D eigenvalue weighted by Gasteiger charge is -2.16. The van der Waals surface area contributed by atoms with Crippen molar-refractivity contribution in [1.29, 1.82) is 0 Å². The van der Waals surface area contributed by atoms with Crippen LogP contribution < -0.4 is 21.7 Å². The zero-order chi connectivity index (χ0) is 16.8. The van der Waals surface area contributed by atoms with Gasteiger partial charge in [-0.3, -0.25) is 4.79 Å². The van der Waals surface area contributed by atoms with Crippen molar-refractivity contribution in [2.75, 3.05) is 21.7 Å². The topological polar surface area (TPSA) is 105 Å². The van der Waals surface area contributed by atoms with Gasteiger partial charge in [0.15, 0.2) is 11.6 Å². The summed E-state index contributed by atoms with van der Waals surface area (Å²) in [4.78, 5) is 19.4. The van der Waals surface area contributed by atoms with E-state index in [-0.39, 0.29) is 11.9 Å². The molecule has 2 rings (SSSR count). The van der Waals surface area contributed by atoms with Gasteiger partial charge in [0.05, 0.1) is 0 Å². The van der Waals surface area contributed by atoms with E-state index in [1.165, 1.54) is 13.3 Å². The minimum Gasteiger partial charge on any atom is -0.393 e. The van der Waals surface area contributed by atoms with Gasteiger partial charge in [-0.2, -0.15) is 0 Å². The van der Waals surface area contributed by atoms with Crippen LogP contribution in [0.4, 0.5) is 28.7 Å². The van der Waals surface area contributed by atoms with Crippen molar-refractivity contribution in [3.8, 4) is 0 Å². The Morgan fingerprint density at radius 3 is 2.39 bits per heavy atom. The van der Waals surface area contributed by atoms with Crippen LogP contribution in [0.25, 0.3) is 0 Å². The van der Waals surface area contributed by atoms with E-state index in [4.69, 9.17) is 5.73 Å². The Morgan fingerprint density at radius 2 is 1.78 bits per heavy atom. The van der Waals surface area contributed by atoms with Gasteiger partial charge in [0.2, 0.25) is 5.91 Å². The lowest BCUT2D eigenvalue weighted by atomic mass is 10.2. The third-order valence-corrected chi connectivity index (χ3v) is 3.35. The number of anilines is 5. The average molecular weight is 314 g/mol. The second kappa shape index (κ2) is 7.44. The van der Waals surface area contributed by atoms with Gasteiger partial charge >= 0.3 is 0 Å². The molecule has 1 amide bonds. The first kappa shape index (κ1) is 16.5. The summed E-state index contributed by atoms with van der Waals surface area (Å²) in [6, 6.07) is 7.57. The summed E-state index contributed by atoms with van der Waals surface area (Å²) in [6.45, 7) is 5.62. The Kier molecular flexibility index (Phi) is 5.35. The Hall–Kier alpha value is -2.83. The predicted octanol–water partition coefficient (Wildman–Crippen LogP) is 2.97. The van der Waals surface area contributed by atoms with Crippen molar-refractivity contribution in [3.05, 3.63) is 30.6 Å². The number of carbonyl (C=O) groups excluding carboxylic acids is 1. The van der Waals surface area contributed by atoms with Crippen molar-refractivity contribution in [2.45, 2.75) is 33.2 Å². The number of nitrogens with one attached hydrogen (secondary N) is 3. The molecule has 0 aliphatic carbocycles. The predicted molar refractivity (Wildman–Crippen MR) is 93.8 cm³/mol. The van der Waals surface area contributed by atoms with Crippen LogP contribution in [-0.2, 0) is 4.79 Å². The molecule has 0 saturated carbocycles. The molecule has 0 radical (unpaired) electrons. The van der Waals surface area contributed by atoms with E-state index in [0.29, 0.717) is 17.3 Å². The van der Waals surface area contributed by atoms with E-state index in [9.17, 15) is 4.79 Å². The molecule has 0 spiro atoms. The molecule has 0 fully saturated rings. The number of nitrogens with two attached hydrogens (primary N) is 1. The third kappa shape index (κ3) is 4.57. The molecule has 0 aliphatic heterocycles. The summed E-state index contributed by atoms with van der Waals surface area (Å²) in [5, 5.41) is 9.13. The van der Waals surface area contributed by atoms with Crippen molar-refractivity contribution in [2.24, 2.45) is 0 Å². The highest BCUT2D eigenvalue weighted by molar-refractivity contribution is 5.89. The second-order valence-electron chi connectivity index (χ2n) is 5.32. The van der Waals surface area contributed by atoms with Crippen LogP contribution in [0.1, 0.15) is 27.2 Å². The van der Waals surface area contributed by atoms with Gasteiger partial charge in [0.1, 0.15) is 12.0 Å². The fraction of sp³-hybridized carbons (Fsp3) is 0.312. The number of nitrogens with zero attached hydrogens (tertiary/aromatic N) is 2. The summed E-state index contributed by atoms with van der Waals surface area (Å²) in [5.41, 5.74) is 8.15. The summed E-state index contributed by atoms with van der Waals surface area (Å²) in [6.07, 6.45) is 2.44.